The average Bonchev–Trinajstić information content (AvgIpc) is 2.57. The van der Waals surface area contributed by atoms with E-state index in [-0.39, 0.29) is 11.4 Å². The number of allylic oxidation sites excluding steroid dienone is 1. The predicted octanol–water partition coefficient (Wildman–Crippen LogP) is 3.03. The van der Waals surface area contributed by atoms with Gasteiger partial charge in [-0.15, -0.1) is 0 Å². The Balaban J connectivity index is 2.93. The van der Waals surface area contributed by atoms with Crippen LogP contribution in [0.15, 0.2) is 16.3 Å². The number of nitro groups is 1. The van der Waals surface area contributed by atoms with Crippen molar-refractivity contribution < 1.29 is 36.4 Å². The summed E-state index contributed by atoms with van der Waals surface area (Å²) < 4.78 is 73.5. The van der Waals surface area contributed by atoms with Gasteiger partial charge in [0.1, 0.15) is 0 Å². The topological polar surface area (TPSA) is 81.8 Å². The maximum atomic E-state index is 14.3. The molecule has 1 heterocycles. The second-order valence-electron chi connectivity index (χ2n) is 5.44. The number of carbonyl (C=O) groups excluding carboxylic acids is 1. The molecule has 0 aromatic heterocycles. The molecule has 2 rings (SSSR count). The molecule has 1 aliphatic rings. The molecule has 26 heavy (non-hydrogen) atoms. The van der Waals surface area contributed by atoms with Crippen molar-refractivity contribution in [3.05, 3.63) is 56.0 Å². The molecule has 6 nitrogen and oxygen atoms in total. The van der Waals surface area contributed by atoms with E-state index in [0.29, 0.717) is 0 Å². The smallest absolute Gasteiger partial charge is 0.336 e. The molecule has 0 spiro atoms. The Bertz CT molecular complexity index is 852. The molecule has 0 saturated carbocycles. The van der Waals surface area contributed by atoms with Gasteiger partial charge in [0, 0.05) is 16.2 Å². The number of aliphatic imine (C=N–C) groups is 1. The number of esters is 1. The van der Waals surface area contributed by atoms with Gasteiger partial charge in [-0.25, -0.2) is 26.7 Å². The first kappa shape index (κ1) is 19.5. The van der Waals surface area contributed by atoms with E-state index < -0.39 is 63.1 Å². The fourth-order valence-corrected chi connectivity index (χ4v) is 2.87. The van der Waals surface area contributed by atoms with Crippen LogP contribution >= 0.6 is 0 Å². The first-order valence-corrected chi connectivity index (χ1v) is 7.03. The van der Waals surface area contributed by atoms with Gasteiger partial charge in [0.05, 0.1) is 24.3 Å². The Morgan fingerprint density at radius 1 is 1.04 bits per heavy atom. The van der Waals surface area contributed by atoms with Gasteiger partial charge in [-0.3, -0.25) is 15.1 Å². The second-order valence-corrected chi connectivity index (χ2v) is 5.44. The van der Waals surface area contributed by atoms with E-state index in [4.69, 9.17) is 0 Å². The summed E-state index contributed by atoms with van der Waals surface area (Å²) >= 11 is 0. The van der Waals surface area contributed by atoms with Gasteiger partial charge in [-0.1, -0.05) is 0 Å². The molecule has 0 radical (unpaired) electrons. The van der Waals surface area contributed by atoms with E-state index in [9.17, 15) is 36.9 Å². The van der Waals surface area contributed by atoms with Crippen LogP contribution in [0.4, 0.5) is 22.0 Å². The molecule has 2 atom stereocenters. The van der Waals surface area contributed by atoms with Crippen molar-refractivity contribution in [3.63, 3.8) is 0 Å². The fourth-order valence-electron chi connectivity index (χ4n) is 2.87. The highest BCUT2D eigenvalue weighted by Gasteiger charge is 2.48. The molecule has 2 unspecified atom stereocenters. The monoisotopic (exact) mass is 378 g/mol. The molecule has 1 aliphatic heterocycles. The van der Waals surface area contributed by atoms with Crippen molar-refractivity contribution in [1.29, 1.82) is 0 Å². The molecule has 1 aromatic carbocycles. The molecule has 0 saturated heterocycles. The number of ether oxygens (including phenoxy) is 1. The van der Waals surface area contributed by atoms with Crippen LogP contribution in [0.5, 0.6) is 0 Å². The van der Waals surface area contributed by atoms with Gasteiger partial charge in [0.15, 0.2) is 23.3 Å². The molecule has 0 bridgehead atoms. The maximum Gasteiger partial charge on any atom is 0.336 e. The molecule has 0 aliphatic carbocycles. The van der Waals surface area contributed by atoms with Crippen LogP contribution in [0.2, 0.25) is 0 Å². The van der Waals surface area contributed by atoms with E-state index in [1.807, 2.05) is 0 Å². The van der Waals surface area contributed by atoms with Gasteiger partial charge in [0.25, 0.3) is 6.04 Å². The lowest BCUT2D eigenvalue weighted by Gasteiger charge is -2.28. The van der Waals surface area contributed by atoms with Gasteiger partial charge in [-0.05, 0) is 13.8 Å². The average molecular weight is 378 g/mol. The van der Waals surface area contributed by atoms with Crippen LogP contribution in [0, 0.1) is 39.2 Å². The van der Waals surface area contributed by atoms with Crippen molar-refractivity contribution >= 4 is 11.7 Å². The predicted molar refractivity (Wildman–Crippen MR) is 77.6 cm³/mol. The molecule has 1 aromatic rings. The van der Waals surface area contributed by atoms with Crippen molar-refractivity contribution in [3.8, 4) is 0 Å². The second kappa shape index (κ2) is 6.81. The van der Waals surface area contributed by atoms with Crippen LogP contribution in [-0.2, 0) is 9.53 Å². The third-order valence-electron chi connectivity index (χ3n) is 3.98. The van der Waals surface area contributed by atoms with E-state index in [0.717, 1.165) is 14.0 Å². The SMILES string of the molecule is COC(=O)C1=C(C)N=C(C)C([N+](=O)[O-])C1c1c(F)c(F)c(F)c(F)c1F. The number of halogens is 5. The quantitative estimate of drug-likeness (QED) is 0.202. The maximum absolute atomic E-state index is 14.3. The first-order chi connectivity index (χ1) is 12.0. The fraction of sp³-hybridized carbons (Fsp3) is 0.333. The summed E-state index contributed by atoms with van der Waals surface area (Å²) in [4.78, 5) is 26.2. The highest BCUT2D eigenvalue weighted by molar-refractivity contribution is 5.98. The van der Waals surface area contributed by atoms with Crippen LogP contribution in [0.3, 0.4) is 0 Å². The number of benzene rings is 1. The van der Waals surface area contributed by atoms with E-state index >= 15 is 0 Å². The highest BCUT2D eigenvalue weighted by Crippen LogP contribution is 2.40. The van der Waals surface area contributed by atoms with E-state index in [2.05, 4.69) is 9.73 Å². The summed E-state index contributed by atoms with van der Waals surface area (Å²) in [7, 11) is 0.893. The van der Waals surface area contributed by atoms with Gasteiger partial charge in [0.2, 0.25) is 5.82 Å². The Morgan fingerprint density at radius 2 is 1.50 bits per heavy atom. The van der Waals surface area contributed by atoms with Gasteiger partial charge in [-0.2, -0.15) is 0 Å². The highest BCUT2D eigenvalue weighted by atomic mass is 19.2. The lowest BCUT2D eigenvalue weighted by molar-refractivity contribution is -0.505. The Hall–Kier alpha value is -2.85. The van der Waals surface area contributed by atoms with E-state index in [1.165, 1.54) is 6.92 Å². The zero-order chi connectivity index (χ0) is 19.9. The number of methoxy groups -OCH3 is 1. The van der Waals surface area contributed by atoms with Crippen LogP contribution in [-0.4, -0.2) is 29.8 Å². The van der Waals surface area contributed by atoms with Crippen LogP contribution in [0.25, 0.3) is 0 Å². The number of carbonyl (C=O) groups is 1. The Labute approximate surface area is 143 Å². The van der Waals surface area contributed by atoms with Crippen molar-refractivity contribution in [2.24, 2.45) is 4.99 Å². The summed E-state index contributed by atoms with van der Waals surface area (Å²) in [5, 5.41) is 11.4. The molecule has 0 N–H and O–H groups in total. The van der Waals surface area contributed by atoms with Crippen LogP contribution < -0.4 is 0 Å². The summed E-state index contributed by atoms with van der Waals surface area (Å²) in [6, 6.07) is -2.03. The third kappa shape index (κ3) is 2.82. The summed E-state index contributed by atoms with van der Waals surface area (Å²) in [5.41, 5.74) is -2.62. The minimum atomic E-state index is -2.41. The molecule has 140 valence electrons. The lowest BCUT2D eigenvalue weighted by atomic mass is 9.79. The number of hydrogen-bond acceptors (Lipinski definition) is 5. The number of nitrogens with zero attached hydrogens (tertiary/aromatic N) is 2. The lowest BCUT2D eigenvalue weighted by Crippen LogP contribution is -2.41. The molecule has 0 amide bonds. The normalized spacial score (nSPS) is 20.1. The number of hydrogen-bond donors (Lipinski definition) is 0. The van der Waals surface area contributed by atoms with Crippen molar-refractivity contribution in [2.45, 2.75) is 25.8 Å². The van der Waals surface area contributed by atoms with Gasteiger partial charge < -0.3 is 4.74 Å². The Morgan fingerprint density at radius 3 is 1.92 bits per heavy atom. The molecule has 11 heteroatoms. The molecular weight excluding hydrogens is 367 g/mol. The van der Waals surface area contributed by atoms with Crippen molar-refractivity contribution in [1.82, 2.24) is 0 Å². The van der Waals surface area contributed by atoms with Gasteiger partial charge >= 0.3 is 5.97 Å². The molecular formula is C15H11F5N2O4. The zero-order valence-electron chi connectivity index (χ0n) is 13.6. The molecule has 0 fully saturated rings. The standard InChI is InChI=1S/C15H11F5N2O4/c1-4-6(15(23)26-3)7(14(22(24)25)5(2)21-4)8-9(16)11(18)13(20)12(19)10(8)17/h7,14H,1-3H3. The minimum Gasteiger partial charge on any atom is -0.466 e. The third-order valence-corrected chi connectivity index (χ3v) is 3.98. The zero-order valence-corrected chi connectivity index (χ0v) is 13.6. The summed E-state index contributed by atoms with van der Waals surface area (Å²) in [6.45, 7) is 2.34. The number of rotatable bonds is 3. The van der Waals surface area contributed by atoms with E-state index in [1.54, 1.807) is 0 Å². The Kier molecular flexibility index (Phi) is 5.10. The summed E-state index contributed by atoms with van der Waals surface area (Å²) in [5.74, 6) is -14.8. The largest absolute Gasteiger partial charge is 0.466 e. The first-order valence-electron chi connectivity index (χ1n) is 7.03. The summed E-state index contributed by atoms with van der Waals surface area (Å²) in [6.07, 6.45) is 0. The van der Waals surface area contributed by atoms with Crippen LogP contribution in [0.1, 0.15) is 25.3 Å². The van der Waals surface area contributed by atoms with Crippen molar-refractivity contribution in [2.75, 3.05) is 7.11 Å². The minimum absolute atomic E-state index is 0.193.